The van der Waals surface area contributed by atoms with E-state index in [0.29, 0.717) is 5.92 Å². The molecule has 0 radical (unpaired) electrons. The average molecular weight is 190 g/mol. The largest absolute Gasteiger partial charge is 0.506 e. The predicted octanol–water partition coefficient (Wildman–Crippen LogP) is 2.24. The Balaban J connectivity index is 2.50. The van der Waals surface area contributed by atoms with Gasteiger partial charge in [0.1, 0.15) is 11.6 Å². The maximum Gasteiger partial charge on any atom is 0.132 e. The van der Waals surface area contributed by atoms with E-state index in [2.05, 4.69) is 18.8 Å². The van der Waals surface area contributed by atoms with Crippen molar-refractivity contribution in [2.75, 3.05) is 0 Å². The molecule has 0 amide bonds. The molecular weight excluding hydrogens is 176 g/mol. The number of nitrogens with zero attached hydrogens (tertiary/aromatic N) is 2. The van der Waals surface area contributed by atoms with Crippen molar-refractivity contribution in [1.82, 2.24) is 9.38 Å². The van der Waals surface area contributed by atoms with Crippen molar-refractivity contribution in [1.29, 1.82) is 0 Å². The van der Waals surface area contributed by atoms with Gasteiger partial charge in [0.15, 0.2) is 0 Å². The summed E-state index contributed by atoms with van der Waals surface area (Å²) in [4.78, 5) is 4.33. The molecule has 2 rings (SSSR count). The minimum atomic E-state index is 0.278. The molecule has 0 aliphatic rings. The van der Waals surface area contributed by atoms with Crippen LogP contribution in [0.25, 0.3) is 5.52 Å². The molecule has 0 saturated heterocycles. The van der Waals surface area contributed by atoms with E-state index < -0.39 is 0 Å². The Kier molecular flexibility index (Phi) is 2.15. The third-order valence-corrected chi connectivity index (χ3v) is 2.18. The van der Waals surface area contributed by atoms with Crippen LogP contribution in [-0.4, -0.2) is 14.5 Å². The van der Waals surface area contributed by atoms with E-state index in [1.807, 2.05) is 16.7 Å². The summed E-state index contributed by atoms with van der Waals surface area (Å²) in [5.41, 5.74) is 1.03. The normalized spacial score (nSPS) is 11.4. The van der Waals surface area contributed by atoms with Gasteiger partial charge in [0, 0.05) is 6.42 Å². The smallest absolute Gasteiger partial charge is 0.132 e. The van der Waals surface area contributed by atoms with E-state index in [9.17, 15) is 5.11 Å². The van der Waals surface area contributed by atoms with Gasteiger partial charge in [0.25, 0.3) is 0 Å². The van der Waals surface area contributed by atoms with Crippen molar-refractivity contribution in [3.8, 4) is 5.75 Å². The summed E-state index contributed by atoms with van der Waals surface area (Å²) in [6, 6.07) is 3.54. The van der Waals surface area contributed by atoms with Crippen LogP contribution in [0.15, 0.2) is 24.5 Å². The zero-order chi connectivity index (χ0) is 10.1. The Morgan fingerprint density at radius 2 is 2.21 bits per heavy atom. The SMILES string of the molecule is CC(C)Cc1ncc2ccc(O)cn12. The van der Waals surface area contributed by atoms with Crippen LogP contribution in [-0.2, 0) is 6.42 Å². The zero-order valence-electron chi connectivity index (χ0n) is 8.44. The summed E-state index contributed by atoms with van der Waals surface area (Å²) in [7, 11) is 0. The zero-order valence-corrected chi connectivity index (χ0v) is 8.44. The molecule has 1 N–H and O–H groups in total. The van der Waals surface area contributed by atoms with Gasteiger partial charge in [-0.2, -0.15) is 0 Å². The van der Waals surface area contributed by atoms with Crippen LogP contribution in [0.4, 0.5) is 0 Å². The first kappa shape index (κ1) is 9.06. The highest BCUT2D eigenvalue weighted by molar-refractivity contribution is 5.48. The van der Waals surface area contributed by atoms with E-state index in [1.54, 1.807) is 12.3 Å². The number of pyridine rings is 1. The highest BCUT2D eigenvalue weighted by atomic mass is 16.3. The van der Waals surface area contributed by atoms with E-state index in [4.69, 9.17) is 0 Å². The monoisotopic (exact) mass is 190 g/mol. The quantitative estimate of drug-likeness (QED) is 0.788. The number of aromatic hydroxyl groups is 1. The van der Waals surface area contributed by atoms with Gasteiger partial charge in [-0.25, -0.2) is 4.98 Å². The molecule has 0 aliphatic heterocycles. The second kappa shape index (κ2) is 3.33. The summed E-state index contributed by atoms with van der Waals surface area (Å²) in [6.45, 7) is 4.31. The van der Waals surface area contributed by atoms with E-state index in [-0.39, 0.29) is 5.75 Å². The van der Waals surface area contributed by atoms with Crippen LogP contribution in [0.2, 0.25) is 0 Å². The fourth-order valence-corrected chi connectivity index (χ4v) is 1.55. The first-order valence-electron chi connectivity index (χ1n) is 4.82. The molecule has 0 spiro atoms. The van der Waals surface area contributed by atoms with Crippen molar-refractivity contribution in [3.05, 3.63) is 30.4 Å². The first-order chi connectivity index (χ1) is 6.66. The van der Waals surface area contributed by atoms with Gasteiger partial charge in [-0.3, -0.25) is 0 Å². The predicted molar refractivity (Wildman–Crippen MR) is 55.4 cm³/mol. The van der Waals surface area contributed by atoms with Crippen molar-refractivity contribution in [2.24, 2.45) is 5.92 Å². The van der Waals surface area contributed by atoms with E-state index in [1.165, 1.54) is 0 Å². The lowest BCUT2D eigenvalue weighted by molar-refractivity contribution is 0.471. The molecule has 3 nitrogen and oxygen atoms in total. The molecule has 0 bridgehead atoms. The van der Waals surface area contributed by atoms with Gasteiger partial charge in [-0.05, 0) is 18.1 Å². The van der Waals surface area contributed by atoms with Gasteiger partial charge in [-0.1, -0.05) is 13.8 Å². The highest BCUT2D eigenvalue weighted by Crippen LogP contribution is 2.15. The minimum Gasteiger partial charge on any atom is -0.506 e. The second-order valence-corrected chi connectivity index (χ2v) is 3.95. The Morgan fingerprint density at radius 3 is 2.93 bits per heavy atom. The average Bonchev–Trinajstić information content (AvgIpc) is 2.47. The van der Waals surface area contributed by atoms with Gasteiger partial charge >= 0.3 is 0 Å². The molecule has 3 heteroatoms. The maximum atomic E-state index is 9.36. The molecular formula is C11H14N2O. The van der Waals surface area contributed by atoms with Crippen molar-refractivity contribution in [3.63, 3.8) is 0 Å². The van der Waals surface area contributed by atoms with Crippen molar-refractivity contribution >= 4 is 5.52 Å². The summed E-state index contributed by atoms with van der Waals surface area (Å²) in [5.74, 6) is 1.86. The highest BCUT2D eigenvalue weighted by Gasteiger charge is 2.05. The summed E-state index contributed by atoms with van der Waals surface area (Å²) < 4.78 is 1.94. The van der Waals surface area contributed by atoms with Crippen LogP contribution in [0.5, 0.6) is 5.75 Å². The lowest BCUT2D eigenvalue weighted by Gasteiger charge is -2.04. The maximum absolute atomic E-state index is 9.36. The van der Waals surface area contributed by atoms with Crippen LogP contribution in [0, 0.1) is 5.92 Å². The Hall–Kier alpha value is -1.51. The fraction of sp³-hybridized carbons (Fsp3) is 0.364. The molecule has 2 aromatic heterocycles. The van der Waals surface area contributed by atoms with Crippen LogP contribution in [0.1, 0.15) is 19.7 Å². The molecule has 2 heterocycles. The Morgan fingerprint density at radius 1 is 1.43 bits per heavy atom. The lowest BCUT2D eigenvalue weighted by Crippen LogP contribution is -1.99. The summed E-state index contributed by atoms with van der Waals surface area (Å²) >= 11 is 0. The van der Waals surface area contributed by atoms with Gasteiger partial charge in [0.05, 0.1) is 17.9 Å². The number of hydrogen-bond acceptors (Lipinski definition) is 2. The Bertz CT molecular complexity index is 445. The van der Waals surface area contributed by atoms with E-state index in [0.717, 1.165) is 17.8 Å². The fourth-order valence-electron chi connectivity index (χ4n) is 1.55. The number of aromatic nitrogens is 2. The molecule has 0 atom stereocenters. The molecule has 0 fully saturated rings. The molecule has 0 aliphatic carbocycles. The third kappa shape index (κ3) is 1.58. The van der Waals surface area contributed by atoms with Crippen molar-refractivity contribution in [2.45, 2.75) is 20.3 Å². The molecule has 2 aromatic rings. The molecule has 0 saturated carbocycles. The van der Waals surface area contributed by atoms with Crippen LogP contribution in [0.3, 0.4) is 0 Å². The van der Waals surface area contributed by atoms with Gasteiger partial charge in [0.2, 0.25) is 0 Å². The summed E-state index contributed by atoms with van der Waals surface area (Å²) in [5, 5.41) is 9.36. The van der Waals surface area contributed by atoms with E-state index >= 15 is 0 Å². The number of imidazole rings is 1. The number of hydrogen-bond donors (Lipinski definition) is 1. The topological polar surface area (TPSA) is 37.5 Å². The number of fused-ring (bicyclic) bond motifs is 1. The van der Waals surface area contributed by atoms with Crippen LogP contribution < -0.4 is 0 Å². The number of rotatable bonds is 2. The van der Waals surface area contributed by atoms with Gasteiger partial charge in [-0.15, -0.1) is 0 Å². The Labute approximate surface area is 83.0 Å². The molecule has 0 aromatic carbocycles. The minimum absolute atomic E-state index is 0.278. The van der Waals surface area contributed by atoms with Crippen molar-refractivity contribution < 1.29 is 5.11 Å². The standard InChI is InChI=1S/C11H14N2O/c1-8(2)5-11-12-6-9-3-4-10(14)7-13(9)11/h3-4,6-8,14H,5H2,1-2H3. The summed E-state index contributed by atoms with van der Waals surface area (Å²) in [6.07, 6.45) is 4.47. The molecule has 14 heavy (non-hydrogen) atoms. The molecule has 74 valence electrons. The molecule has 0 unspecified atom stereocenters. The third-order valence-electron chi connectivity index (χ3n) is 2.18. The van der Waals surface area contributed by atoms with Crippen LogP contribution >= 0.6 is 0 Å². The first-order valence-corrected chi connectivity index (χ1v) is 4.82. The second-order valence-electron chi connectivity index (χ2n) is 3.95. The van der Waals surface area contributed by atoms with Gasteiger partial charge < -0.3 is 9.51 Å². The lowest BCUT2D eigenvalue weighted by atomic mass is 10.1.